The van der Waals surface area contributed by atoms with Crippen molar-refractivity contribution in [2.24, 2.45) is 11.5 Å². The zero-order valence-corrected chi connectivity index (χ0v) is 12.7. The van der Waals surface area contributed by atoms with Crippen molar-refractivity contribution in [2.45, 2.75) is 19.8 Å². The summed E-state index contributed by atoms with van der Waals surface area (Å²) in [4.78, 5) is 23.8. The van der Waals surface area contributed by atoms with Crippen molar-refractivity contribution in [2.75, 3.05) is 7.11 Å². The fourth-order valence-corrected chi connectivity index (χ4v) is 2.61. The van der Waals surface area contributed by atoms with Gasteiger partial charge in [-0.05, 0) is 31.5 Å². The Kier molecular flexibility index (Phi) is 4.21. The van der Waals surface area contributed by atoms with E-state index < -0.39 is 11.8 Å². The molecule has 0 spiro atoms. The van der Waals surface area contributed by atoms with Crippen molar-refractivity contribution >= 4 is 11.7 Å². The second kappa shape index (κ2) is 5.93. The average Bonchev–Trinajstić information content (AvgIpc) is 2.45. The zero-order chi connectivity index (χ0) is 16.4. The Morgan fingerprint density at radius 2 is 1.77 bits per heavy atom. The van der Waals surface area contributed by atoms with Crippen molar-refractivity contribution in [3.63, 3.8) is 0 Å². The summed E-state index contributed by atoms with van der Waals surface area (Å²) in [7, 11) is 1.56. The minimum absolute atomic E-state index is 0.0733. The molecule has 1 aliphatic rings. The monoisotopic (exact) mass is 302 g/mol. The van der Waals surface area contributed by atoms with Crippen LogP contribution in [-0.4, -0.2) is 18.8 Å². The summed E-state index contributed by atoms with van der Waals surface area (Å²) < 4.78 is 10.4. The fraction of sp³-hybridized carbons (Fsp3) is 0.250. The number of methoxy groups -OCH3 is 1. The van der Waals surface area contributed by atoms with E-state index in [2.05, 4.69) is 0 Å². The van der Waals surface area contributed by atoms with E-state index in [1.165, 1.54) is 6.92 Å². The first-order chi connectivity index (χ1) is 10.4. The fourth-order valence-electron chi connectivity index (χ4n) is 2.61. The van der Waals surface area contributed by atoms with Gasteiger partial charge in [0.15, 0.2) is 11.7 Å². The molecule has 0 bridgehead atoms. The number of nitrogens with two attached hydrogens (primary N) is 2. The van der Waals surface area contributed by atoms with Crippen LogP contribution in [0.2, 0.25) is 0 Å². The number of hydrogen-bond donors (Lipinski definition) is 2. The normalized spacial score (nSPS) is 18.0. The van der Waals surface area contributed by atoms with Gasteiger partial charge in [0.25, 0.3) is 5.91 Å². The first kappa shape index (κ1) is 15.6. The number of amides is 1. The molecular weight excluding hydrogens is 284 g/mol. The molecule has 1 aromatic rings. The molecule has 1 amide bonds. The number of carbonyl (C=O) groups is 2. The van der Waals surface area contributed by atoms with Crippen molar-refractivity contribution in [3.8, 4) is 5.75 Å². The topological polar surface area (TPSA) is 105 Å². The Bertz CT molecular complexity index is 651. The van der Waals surface area contributed by atoms with Crippen molar-refractivity contribution in [1.82, 2.24) is 0 Å². The number of primary amides is 1. The molecule has 2 rings (SSSR count). The van der Waals surface area contributed by atoms with Gasteiger partial charge in [0.2, 0.25) is 0 Å². The molecule has 116 valence electrons. The summed E-state index contributed by atoms with van der Waals surface area (Å²) in [5.41, 5.74) is 12.4. The maximum absolute atomic E-state index is 12.0. The number of Topliss-reactive ketones (excluding diaryl/α,β-unsaturated/α-hetero) is 1. The van der Waals surface area contributed by atoms with Crippen molar-refractivity contribution in [1.29, 1.82) is 0 Å². The van der Waals surface area contributed by atoms with Gasteiger partial charge < -0.3 is 20.9 Å². The Morgan fingerprint density at radius 1 is 1.18 bits per heavy atom. The van der Waals surface area contributed by atoms with Crippen LogP contribution in [0.3, 0.4) is 0 Å². The van der Waals surface area contributed by atoms with Gasteiger partial charge in [0.05, 0.1) is 18.6 Å². The van der Waals surface area contributed by atoms with E-state index in [4.69, 9.17) is 20.9 Å². The number of rotatable bonds is 4. The highest BCUT2D eigenvalue weighted by Crippen LogP contribution is 2.39. The molecular formula is C16H18N2O4. The molecule has 0 saturated carbocycles. The molecule has 1 aromatic carbocycles. The second-order valence-corrected chi connectivity index (χ2v) is 4.98. The molecule has 0 saturated heterocycles. The molecule has 6 heteroatoms. The van der Waals surface area contributed by atoms with Crippen LogP contribution in [0.5, 0.6) is 5.75 Å². The average molecular weight is 302 g/mol. The molecule has 1 heterocycles. The minimum atomic E-state index is -0.718. The van der Waals surface area contributed by atoms with Gasteiger partial charge in [0, 0.05) is 5.57 Å². The maximum Gasteiger partial charge on any atom is 0.250 e. The molecule has 1 atom stereocenters. The lowest BCUT2D eigenvalue weighted by atomic mass is 9.81. The number of carbonyl (C=O) groups excluding carboxylic acids is 2. The van der Waals surface area contributed by atoms with E-state index in [9.17, 15) is 9.59 Å². The largest absolute Gasteiger partial charge is 0.497 e. The molecule has 4 N–H and O–H groups in total. The van der Waals surface area contributed by atoms with E-state index in [0.29, 0.717) is 22.6 Å². The lowest BCUT2D eigenvalue weighted by molar-refractivity contribution is -0.115. The number of ketones is 1. The molecule has 1 aliphatic heterocycles. The Hall–Kier alpha value is -2.76. The number of hydrogen-bond acceptors (Lipinski definition) is 5. The summed E-state index contributed by atoms with van der Waals surface area (Å²) in [5.74, 6) is -0.603. The summed E-state index contributed by atoms with van der Waals surface area (Å²) in [6.07, 6.45) is 0. The predicted molar refractivity (Wildman–Crippen MR) is 80.6 cm³/mol. The van der Waals surface area contributed by atoms with Crippen LogP contribution in [0.25, 0.3) is 0 Å². The third kappa shape index (κ3) is 2.67. The van der Waals surface area contributed by atoms with Crippen LogP contribution in [-0.2, 0) is 14.3 Å². The smallest absolute Gasteiger partial charge is 0.250 e. The second-order valence-electron chi connectivity index (χ2n) is 4.98. The molecule has 1 unspecified atom stereocenters. The highest BCUT2D eigenvalue weighted by molar-refractivity contribution is 6.02. The van der Waals surface area contributed by atoms with E-state index >= 15 is 0 Å². The first-order valence-corrected chi connectivity index (χ1v) is 6.69. The molecule has 0 fully saturated rings. The Labute approximate surface area is 128 Å². The van der Waals surface area contributed by atoms with Gasteiger partial charge in [-0.2, -0.15) is 0 Å². The van der Waals surface area contributed by atoms with Gasteiger partial charge in [0.1, 0.15) is 11.5 Å². The number of allylic oxidation sites excluding steroid dienone is 2. The van der Waals surface area contributed by atoms with Gasteiger partial charge in [-0.15, -0.1) is 0 Å². The van der Waals surface area contributed by atoms with Crippen molar-refractivity contribution in [3.05, 3.63) is 52.6 Å². The third-order valence-corrected chi connectivity index (χ3v) is 3.58. The van der Waals surface area contributed by atoms with Crippen LogP contribution in [0.15, 0.2) is 47.1 Å². The summed E-state index contributed by atoms with van der Waals surface area (Å²) >= 11 is 0. The van der Waals surface area contributed by atoms with E-state index in [1.807, 2.05) is 0 Å². The number of benzene rings is 1. The highest BCUT2D eigenvalue weighted by Gasteiger charge is 2.36. The Balaban J connectivity index is 2.63. The quantitative estimate of drug-likeness (QED) is 0.873. The van der Waals surface area contributed by atoms with Gasteiger partial charge >= 0.3 is 0 Å². The van der Waals surface area contributed by atoms with Crippen LogP contribution in [0.1, 0.15) is 25.3 Å². The summed E-state index contributed by atoms with van der Waals surface area (Å²) in [6.45, 7) is 3.05. The molecule has 22 heavy (non-hydrogen) atoms. The van der Waals surface area contributed by atoms with Crippen LogP contribution in [0.4, 0.5) is 0 Å². The molecule has 0 aliphatic carbocycles. The highest BCUT2D eigenvalue weighted by atomic mass is 16.5. The standard InChI is InChI=1S/C16H18N2O4/c1-8(19)12-9(2)22-16(18)14(15(17)20)13(12)10-4-6-11(21-3)7-5-10/h4-7,13H,18H2,1-3H3,(H2,17,20). The summed E-state index contributed by atoms with van der Waals surface area (Å²) in [6, 6.07) is 7.02. The Morgan fingerprint density at radius 3 is 2.23 bits per heavy atom. The van der Waals surface area contributed by atoms with Crippen LogP contribution < -0.4 is 16.2 Å². The maximum atomic E-state index is 12.0. The van der Waals surface area contributed by atoms with E-state index in [0.717, 1.165) is 0 Å². The number of ether oxygens (including phenoxy) is 2. The van der Waals surface area contributed by atoms with Gasteiger partial charge in [-0.25, -0.2) is 0 Å². The first-order valence-electron chi connectivity index (χ1n) is 6.69. The lowest BCUT2D eigenvalue weighted by Crippen LogP contribution is -2.31. The predicted octanol–water partition coefficient (Wildman–Crippen LogP) is 1.33. The molecule has 6 nitrogen and oxygen atoms in total. The zero-order valence-electron chi connectivity index (χ0n) is 12.7. The van der Waals surface area contributed by atoms with Crippen LogP contribution in [0, 0.1) is 0 Å². The van der Waals surface area contributed by atoms with Gasteiger partial charge in [-0.3, -0.25) is 9.59 Å². The lowest BCUT2D eigenvalue weighted by Gasteiger charge is -2.28. The van der Waals surface area contributed by atoms with E-state index in [-0.39, 0.29) is 17.2 Å². The third-order valence-electron chi connectivity index (χ3n) is 3.58. The van der Waals surface area contributed by atoms with E-state index in [1.54, 1.807) is 38.3 Å². The van der Waals surface area contributed by atoms with Gasteiger partial charge in [-0.1, -0.05) is 12.1 Å². The summed E-state index contributed by atoms with van der Waals surface area (Å²) in [5, 5.41) is 0. The SMILES string of the molecule is COc1ccc(C2C(C(C)=O)=C(C)OC(N)=C2C(N)=O)cc1. The van der Waals surface area contributed by atoms with Crippen LogP contribution >= 0.6 is 0 Å². The molecule has 0 radical (unpaired) electrons. The minimum Gasteiger partial charge on any atom is -0.497 e. The van der Waals surface area contributed by atoms with Crippen molar-refractivity contribution < 1.29 is 19.1 Å². The molecule has 0 aromatic heterocycles.